The number of carbonyl (C=O) groups excluding carboxylic acids is 1. The van der Waals surface area contributed by atoms with Gasteiger partial charge in [0.1, 0.15) is 17.2 Å². The molecule has 37 heavy (non-hydrogen) atoms. The van der Waals surface area contributed by atoms with Gasteiger partial charge in [-0.1, -0.05) is 12.1 Å². The van der Waals surface area contributed by atoms with Gasteiger partial charge in [-0.3, -0.25) is 4.79 Å². The number of methoxy groups -OCH3 is 2. The van der Waals surface area contributed by atoms with Gasteiger partial charge in [-0.25, -0.2) is 0 Å². The molecule has 4 aromatic rings. The van der Waals surface area contributed by atoms with Crippen molar-refractivity contribution in [3.63, 3.8) is 0 Å². The topological polar surface area (TPSA) is 56.8 Å². The van der Waals surface area contributed by atoms with Gasteiger partial charge >= 0.3 is 6.18 Å². The Hall–Kier alpha value is -3.98. The fourth-order valence-electron chi connectivity index (χ4n) is 3.54. The van der Waals surface area contributed by atoms with Gasteiger partial charge in [0, 0.05) is 22.7 Å². The van der Waals surface area contributed by atoms with E-state index in [2.05, 4.69) is 5.32 Å². The first kappa shape index (κ1) is 26.1. The third kappa shape index (κ3) is 6.83. The molecule has 5 nitrogen and oxygen atoms in total. The number of fused-ring (bicyclic) bond motifs is 1. The highest BCUT2D eigenvalue weighted by atomic mass is 32.1. The van der Waals surface area contributed by atoms with Gasteiger partial charge in [-0.2, -0.15) is 13.2 Å². The molecule has 0 aliphatic rings. The predicted molar refractivity (Wildman–Crippen MR) is 140 cm³/mol. The van der Waals surface area contributed by atoms with Crippen LogP contribution in [0.4, 0.5) is 13.2 Å². The van der Waals surface area contributed by atoms with Crippen molar-refractivity contribution in [2.75, 3.05) is 20.8 Å². The minimum atomic E-state index is -4.31. The molecule has 0 fully saturated rings. The maximum Gasteiger partial charge on any atom is 0.390 e. The summed E-state index contributed by atoms with van der Waals surface area (Å²) >= 11 is 1.59. The lowest BCUT2D eigenvalue weighted by Crippen LogP contribution is -2.26. The van der Waals surface area contributed by atoms with Gasteiger partial charge in [0.25, 0.3) is 0 Å². The zero-order valence-corrected chi connectivity index (χ0v) is 20.9. The van der Waals surface area contributed by atoms with Crippen molar-refractivity contribution in [3.05, 3.63) is 78.4 Å². The molecule has 0 unspecified atom stereocenters. The lowest BCUT2D eigenvalue weighted by atomic mass is 10.1. The second-order valence-electron chi connectivity index (χ2n) is 8.01. The van der Waals surface area contributed by atoms with E-state index >= 15 is 0 Å². The number of hydrogen-bond donors (Lipinski definition) is 1. The number of nitrogens with one attached hydrogen (secondary N) is 1. The highest BCUT2D eigenvalue weighted by molar-refractivity contribution is 7.22. The van der Waals surface area contributed by atoms with E-state index in [-0.39, 0.29) is 0 Å². The molecule has 0 aliphatic heterocycles. The number of rotatable bonds is 9. The molecule has 0 bridgehead atoms. The van der Waals surface area contributed by atoms with E-state index in [0.717, 1.165) is 32.0 Å². The first-order chi connectivity index (χ1) is 17.8. The first-order valence-corrected chi connectivity index (χ1v) is 12.1. The quantitative estimate of drug-likeness (QED) is 0.230. The number of thiophene rings is 1. The summed E-state index contributed by atoms with van der Waals surface area (Å²) in [6, 6.07) is 20.6. The fourth-order valence-corrected chi connectivity index (χ4v) is 4.70. The SMILES string of the molecule is COc1ccc(-c2sc3cc(OC)ccc3c2Oc2ccc(C=CC(=O)NCCC(F)(F)F)cc2)cc1. The van der Waals surface area contributed by atoms with Crippen LogP contribution in [0.3, 0.4) is 0 Å². The molecule has 0 spiro atoms. The minimum Gasteiger partial charge on any atom is -0.497 e. The smallest absolute Gasteiger partial charge is 0.390 e. The van der Waals surface area contributed by atoms with Crippen LogP contribution in [0.5, 0.6) is 23.0 Å². The van der Waals surface area contributed by atoms with Gasteiger partial charge in [0.2, 0.25) is 5.91 Å². The van der Waals surface area contributed by atoms with Crippen LogP contribution in [-0.2, 0) is 4.79 Å². The van der Waals surface area contributed by atoms with Gasteiger partial charge in [0.15, 0.2) is 5.75 Å². The Morgan fingerprint density at radius 3 is 2.22 bits per heavy atom. The van der Waals surface area contributed by atoms with Crippen molar-refractivity contribution in [1.82, 2.24) is 5.32 Å². The second kappa shape index (κ2) is 11.4. The molecule has 192 valence electrons. The summed E-state index contributed by atoms with van der Waals surface area (Å²) in [5.41, 5.74) is 1.68. The summed E-state index contributed by atoms with van der Waals surface area (Å²) < 4.78 is 54.6. The molecule has 0 saturated heterocycles. The lowest BCUT2D eigenvalue weighted by Gasteiger charge is -2.09. The number of hydrogen-bond acceptors (Lipinski definition) is 5. The summed E-state index contributed by atoms with van der Waals surface area (Å²) in [5.74, 6) is 2.22. The molecule has 1 amide bonds. The van der Waals surface area contributed by atoms with Crippen molar-refractivity contribution >= 4 is 33.4 Å². The fraction of sp³-hybridized carbons (Fsp3) is 0.179. The van der Waals surface area contributed by atoms with Crippen molar-refractivity contribution < 1.29 is 32.2 Å². The van der Waals surface area contributed by atoms with Crippen LogP contribution in [-0.4, -0.2) is 32.8 Å². The Morgan fingerprint density at radius 1 is 0.919 bits per heavy atom. The number of benzene rings is 3. The van der Waals surface area contributed by atoms with Crippen LogP contribution in [0.25, 0.3) is 26.6 Å². The van der Waals surface area contributed by atoms with Crippen LogP contribution in [0.15, 0.2) is 72.8 Å². The van der Waals surface area contributed by atoms with Gasteiger partial charge in [-0.15, -0.1) is 11.3 Å². The van der Waals surface area contributed by atoms with Crippen LogP contribution in [0.1, 0.15) is 12.0 Å². The van der Waals surface area contributed by atoms with Crippen molar-refractivity contribution in [2.45, 2.75) is 12.6 Å². The van der Waals surface area contributed by atoms with E-state index in [1.54, 1.807) is 49.8 Å². The molecule has 1 heterocycles. The number of alkyl halides is 3. The van der Waals surface area contributed by atoms with Gasteiger partial charge < -0.3 is 19.5 Å². The molecular formula is C28H24F3NO4S. The monoisotopic (exact) mass is 527 g/mol. The Labute approximate surface area is 216 Å². The molecule has 1 N–H and O–H groups in total. The van der Waals surface area contributed by atoms with Crippen molar-refractivity contribution in [1.29, 1.82) is 0 Å². The third-order valence-corrected chi connectivity index (χ3v) is 6.62. The van der Waals surface area contributed by atoms with Crippen LogP contribution >= 0.6 is 11.3 Å². The van der Waals surface area contributed by atoms with E-state index in [9.17, 15) is 18.0 Å². The zero-order chi connectivity index (χ0) is 26.4. The lowest BCUT2D eigenvalue weighted by molar-refractivity contribution is -0.134. The third-order valence-electron chi connectivity index (χ3n) is 5.44. The molecule has 0 atom stereocenters. The summed E-state index contributed by atoms with van der Waals surface area (Å²) in [4.78, 5) is 12.7. The van der Waals surface area contributed by atoms with E-state index in [4.69, 9.17) is 14.2 Å². The van der Waals surface area contributed by atoms with Crippen LogP contribution < -0.4 is 19.5 Å². The van der Waals surface area contributed by atoms with E-state index in [1.165, 1.54) is 12.2 Å². The Bertz CT molecular complexity index is 1390. The minimum absolute atomic E-state index is 0.462. The number of carbonyl (C=O) groups is 1. The van der Waals surface area contributed by atoms with Crippen LogP contribution in [0, 0.1) is 0 Å². The molecule has 1 aromatic heterocycles. The summed E-state index contributed by atoms with van der Waals surface area (Å²) in [7, 11) is 3.24. The standard InChI is InChI=1S/C28H24F3NO4S/c1-34-20-10-6-19(7-11-20)27-26(23-13-12-22(35-2)17-24(23)37-27)36-21-8-3-18(4-9-21)5-14-25(33)32-16-15-28(29,30)31/h3-14,17H,15-16H2,1-2H3,(H,32,33). The second-order valence-corrected chi connectivity index (χ2v) is 9.06. The van der Waals surface area contributed by atoms with Crippen LogP contribution in [0.2, 0.25) is 0 Å². The predicted octanol–water partition coefficient (Wildman–Crippen LogP) is 7.46. The van der Waals surface area contributed by atoms with Gasteiger partial charge in [-0.05, 0) is 71.8 Å². The summed E-state index contributed by atoms with van der Waals surface area (Å²) in [6.07, 6.45) is -2.64. The number of amides is 1. The van der Waals surface area contributed by atoms with Crippen molar-refractivity contribution in [2.24, 2.45) is 0 Å². The number of halogens is 3. The molecule has 4 rings (SSSR count). The highest BCUT2D eigenvalue weighted by Gasteiger charge is 2.26. The normalized spacial score (nSPS) is 11.6. The summed E-state index contributed by atoms with van der Waals surface area (Å²) in [6.45, 7) is -0.462. The Balaban J connectivity index is 1.54. The van der Waals surface area contributed by atoms with E-state index in [1.807, 2.05) is 42.5 Å². The van der Waals surface area contributed by atoms with E-state index < -0.39 is 25.0 Å². The molecule has 9 heteroatoms. The summed E-state index contributed by atoms with van der Waals surface area (Å²) in [5, 5.41) is 3.16. The first-order valence-electron chi connectivity index (χ1n) is 11.3. The zero-order valence-electron chi connectivity index (χ0n) is 20.1. The molecule has 0 aliphatic carbocycles. The molecular weight excluding hydrogens is 503 g/mol. The molecule has 3 aromatic carbocycles. The average molecular weight is 528 g/mol. The largest absolute Gasteiger partial charge is 0.497 e. The Morgan fingerprint density at radius 2 is 1.57 bits per heavy atom. The number of ether oxygens (including phenoxy) is 3. The van der Waals surface area contributed by atoms with E-state index in [0.29, 0.717) is 17.1 Å². The molecule has 0 saturated carbocycles. The molecule has 0 radical (unpaired) electrons. The maximum atomic E-state index is 12.2. The maximum absolute atomic E-state index is 12.2. The highest BCUT2D eigenvalue weighted by Crippen LogP contribution is 2.47. The van der Waals surface area contributed by atoms with Crippen molar-refractivity contribution in [3.8, 4) is 33.4 Å². The average Bonchev–Trinajstić information content (AvgIpc) is 3.24. The van der Waals surface area contributed by atoms with Gasteiger partial charge in [0.05, 0.1) is 25.5 Å². The Kier molecular flexibility index (Phi) is 8.03.